The minimum absolute atomic E-state index is 0.0784. The Balaban J connectivity index is 2.21. The second-order valence-electron chi connectivity index (χ2n) is 3.43. The summed E-state index contributed by atoms with van der Waals surface area (Å²) in [6, 6.07) is 14.4. The number of nitrogen functional groups attached to an aromatic ring is 1. The molecule has 0 aliphatic heterocycles. The maximum absolute atomic E-state index is 12.0. The second kappa shape index (κ2) is 5.25. The Bertz CT molecular complexity index is 542. The molecule has 2 aromatic carbocycles. The Kier molecular flexibility index (Phi) is 3.71. The van der Waals surface area contributed by atoms with Gasteiger partial charge in [0.25, 0.3) is 0 Å². The van der Waals surface area contributed by atoms with E-state index in [1.807, 2.05) is 30.3 Å². The summed E-state index contributed by atoms with van der Waals surface area (Å²) in [6.07, 6.45) is 0. The van der Waals surface area contributed by atoms with E-state index in [1.165, 1.54) is 0 Å². The summed E-state index contributed by atoms with van der Waals surface area (Å²) in [5.74, 6) is 0. The average molecular weight is 264 g/mol. The van der Waals surface area contributed by atoms with Gasteiger partial charge in [-0.3, -0.25) is 4.79 Å². The van der Waals surface area contributed by atoms with Gasteiger partial charge >= 0.3 is 0 Å². The van der Waals surface area contributed by atoms with E-state index in [9.17, 15) is 4.79 Å². The molecule has 0 bridgehead atoms. The molecule has 0 aliphatic carbocycles. The van der Waals surface area contributed by atoms with Crippen LogP contribution in [-0.2, 0) is 0 Å². The van der Waals surface area contributed by atoms with Crippen LogP contribution in [0, 0.1) is 0 Å². The van der Waals surface area contributed by atoms with Crippen molar-refractivity contribution in [3.05, 3.63) is 59.1 Å². The van der Waals surface area contributed by atoms with Crippen molar-refractivity contribution in [2.75, 3.05) is 5.73 Å². The fourth-order valence-corrected chi connectivity index (χ4v) is 2.35. The van der Waals surface area contributed by atoms with Crippen LogP contribution in [0.3, 0.4) is 0 Å². The van der Waals surface area contributed by atoms with E-state index < -0.39 is 0 Å². The van der Waals surface area contributed by atoms with Gasteiger partial charge in [0.2, 0.25) is 5.12 Å². The zero-order valence-corrected chi connectivity index (χ0v) is 10.5. The van der Waals surface area contributed by atoms with E-state index in [-0.39, 0.29) is 5.12 Å². The number of rotatable bonds is 2. The van der Waals surface area contributed by atoms with Crippen molar-refractivity contribution < 1.29 is 4.79 Å². The van der Waals surface area contributed by atoms with E-state index in [0.29, 0.717) is 16.3 Å². The first-order chi connectivity index (χ1) is 8.16. The lowest BCUT2D eigenvalue weighted by atomic mass is 10.2. The highest BCUT2D eigenvalue weighted by Gasteiger charge is 2.11. The average Bonchev–Trinajstić information content (AvgIpc) is 2.30. The van der Waals surface area contributed by atoms with Crippen LogP contribution in [0.15, 0.2) is 53.4 Å². The van der Waals surface area contributed by atoms with Crippen LogP contribution in [0.4, 0.5) is 5.69 Å². The molecular weight excluding hydrogens is 254 g/mol. The lowest BCUT2D eigenvalue weighted by Gasteiger charge is -2.04. The third-order valence-corrected chi connectivity index (χ3v) is 3.34. The number of carbonyl (C=O) groups is 1. The predicted molar refractivity (Wildman–Crippen MR) is 72.5 cm³/mol. The number of nitrogens with two attached hydrogens (primary N) is 1. The summed E-state index contributed by atoms with van der Waals surface area (Å²) >= 11 is 6.94. The number of hydrogen-bond donors (Lipinski definition) is 1. The summed E-state index contributed by atoms with van der Waals surface area (Å²) in [5.41, 5.74) is 6.65. The maximum Gasteiger partial charge on any atom is 0.226 e. The molecule has 0 aliphatic rings. The number of benzene rings is 2. The van der Waals surface area contributed by atoms with Gasteiger partial charge in [0, 0.05) is 15.6 Å². The van der Waals surface area contributed by atoms with Gasteiger partial charge in [0.1, 0.15) is 0 Å². The molecule has 0 spiro atoms. The predicted octanol–water partition coefficient (Wildman–Crippen LogP) is 3.85. The molecule has 17 heavy (non-hydrogen) atoms. The molecule has 0 fully saturated rings. The molecule has 0 unspecified atom stereocenters. The second-order valence-corrected chi connectivity index (χ2v) is 4.92. The fourth-order valence-electron chi connectivity index (χ4n) is 1.37. The Hall–Kier alpha value is -1.45. The Morgan fingerprint density at radius 1 is 1.12 bits per heavy atom. The summed E-state index contributed by atoms with van der Waals surface area (Å²) in [4.78, 5) is 12.9. The molecule has 0 aromatic heterocycles. The summed E-state index contributed by atoms with van der Waals surface area (Å²) in [6.45, 7) is 0. The van der Waals surface area contributed by atoms with Crippen LogP contribution < -0.4 is 5.73 Å². The molecule has 0 saturated carbocycles. The molecular formula is C13H10ClNOS. The van der Waals surface area contributed by atoms with E-state index in [0.717, 1.165) is 16.7 Å². The van der Waals surface area contributed by atoms with Crippen molar-refractivity contribution in [2.24, 2.45) is 0 Å². The molecule has 2 N–H and O–H groups in total. The quantitative estimate of drug-likeness (QED) is 0.661. The fraction of sp³-hybridized carbons (Fsp3) is 0. The van der Waals surface area contributed by atoms with Crippen molar-refractivity contribution >= 4 is 34.2 Å². The molecule has 4 heteroatoms. The van der Waals surface area contributed by atoms with Crippen molar-refractivity contribution in [3.63, 3.8) is 0 Å². The molecule has 0 heterocycles. The maximum atomic E-state index is 12.0. The van der Waals surface area contributed by atoms with Crippen LogP contribution in [0.2, 0.25) is 5.02 Å². The first-order valence-electron chi connectivity index (χ1n) is 4.99. The lowest BCUT2D eigenvalue weighted by Crippen LogP contribution is -1.99. The standard InChI is InChI=1S/C13H10ClNOS/c14-9-6-7-11(12(15)8-9)13(16)17-10-4-2-1-3-5-10/h1-8H,15H2. The zero-order valence-electron chi connectivity index (χ0n) is 8.89. The van der Waals surface area contributed by atoms with Crippen LogP contribution in [0.1, 0.15) is 10.4 Å². The molecule has 86 valence electrons. The topological polar surface area (TPSA) is 43.1 Å². The number of anilines is 1. The highest BCUT2D eigenvalue weighted by molar-refractivity contribution is 8.14. The van der Waals surface area contributed by atoms with Crippen molar-refractivity contribution in [3.8, 4) is 0 Å². The van der Waals surface area contributed by atoms with Crippen LogP contribution in [0.5, 0.6) is 0 Å². The molecule has 2 aromatic rings. The first kappa shape index (κ1) is 12.0. The molecule has 2 rings (SSSR count). The summed E-state index contributed by atoms with van der Waals surface area (Å²) < 4.78 is 0. The molecule has 0 saturated heterocycles. The third kappa shape index (κ3) is 3.02. The van der Waals surface area contributed by atoms with Crippen molar-refractivity contribution in [1.82, 2.24) is 0 Å². The SMILES string of the molecule is Nc1cc(Cl)ccc1C(=O)Sc1ccccc1. The van der Waals surface area contributed by atoms with Gasteiger partial charge in [0.05, 0.1) is 5.56 Å². The Labute approximate surface area is 109 Å². The molecule has 0 amide bonds. The van der Waals surface area contributed by atoms with E-state index >= 15 is 0 Å². The van der Waals surface area contributed by atoms with Crippen LogP contribution >= 0.6 is 23.4 Å². The minimum Gasteiger partial charge on any atom is -0.398 e. The van der Waals surface area contributed by atoms with Gasteiger partial charge in [-0.15, -0.1) is 0 Å². The Morgan fingerprint density at radius 2 is 1.82 bits per heavy atom. The monoisotopic (exact) mass is 263 g/mol. The van der Waals surface area contributed by atoms with E-state index in [4.69, 9.17) is 17.3 Å². The van der Waals surface area contributed by atoms with Crippen molar-refractivity contribution in [1.29, 1.82) is 0 Å². The summed E-state index contributed by atoms with van der Waals surface area (Å²) in [7, 11) is 0. The highest BCUT2D eigenvalue weighted by Crippen LogP contribution is 2.26. The normalized spacial score (nSPS) is 10.2. The van der Waals surface area contributed by atoms with Crippen LogP contribution in [0.25, 0.3) is 0 Å². The number of thioether (sulfide) groups is 1. The lowest BCUT2D eigenvalue weighted by molar-refractivity contribution is 0.109. The first-order valence-corrected chi connectivity index (χ1v) is 6.18. The van der Waals surface area contributed by atoms with Gasteiger partial charge in [-0.1, -0.05) is 29.8 Å². The number of halogens is 1. The van der Waals surface area contributed by atoms with Gasteiger partial charge in [0.15, 0.2) is 0 Å². The minimum atomic E-state index is -0.0784. The smallest absolute Gasteiger partial charge is 0.226 e. The highest BCUT2D eigenvalue weighted by atomic mass is 35.5. The van der Waals surface area contributed by atoms with Gasteiger partial charge in [-0.25, -0.2) is 0 Å². The van der Waals surface area contributed by atoms with Gasteiger partial charge < -0.3 is 5.73 Å². The largest absolute Gasteiger partial charge is 0.398 e. The van der Waals surface area contributed by atoms with Gasteiger partial charge in [-0.05, 0) is 42.1 Å². The zero-order chi connectivity index (χ0) is 12.3. The van der Waals surface area contributed by atoms with Crippen molar-refractivity contribution in [2.45, 2.75) is 4.90 Å². The van der Waals surface area contributed by atoms with Crippen LogP contribution in [-0.4, -0.2) is 5.12 Å². The molecule has 0 atom stereocenters. The molecule has 0 radical (unpaired) electrons. The van der Waals surface area contributed by atoms with Gasteiger partial charge in [-0.2, -0.15) is 0 Å². The number of carbonyl (C=O) groups excluding carboxylic acids is 1. The third-order valence-electron chi connectivity index (χ3n) is 2.19. The van der Waals surface area contributed by atoms with E-state index in [1.54, 1.807) is 18.2 Å². The Morgan fingerprint density at radius 3 is 2.47 bits per heavy atom. The molecule has 2 nitrogen and oxygen atoms in total. The summed E-state index contributed by atoms with van der Waals surface area (Å²) in [5, 5.41) is 0.453. The van der Waals surface area contributed by atoms with E-state index in [2.05, 4.69) is 0 Å². The number of hydrogen-bond acceptors (Lipinski definition) is 3.